The summed E-state index contributed by atoms with van der Waals surface area (Å²) in [6.07, 6.45) is 0. The number of benzene rings is 1. The standard InChI is InChI=1S/C17H23F2N3O2/c1-4-22(10-13(2)9-20)16(23)12-21(3)11-14-5-7-15(8-6-14)24-17(18)19/h5-8,13,17H,4,10-12H2,1-3H3. The molecule has 5 nitrogen and oxygen atoms in total. The van der Waals surface area contributed by atoms with Crippen LogP contribution in [0.5, 0.6) is 5.75 Å². The number of amides is 1. The summed E-state index contributed by atoms with van der Waals surface area (Å²) >= 11 is 0. The molecule has 0 aliphatic carbocycles. The highest BCUT2D eigenvalue weighted by Crippen LogP contribution is 2.15. The van der Waals surface area contributed by atoms with Gasteiger partial charge in [0.05, 0.1) is 18.5 Å². The molecule has 1 atom stereocenters. The third-order valence-corrected chi connectivity index (χ3v) is 3.46. The predicted molar refractivity (Wildman–Crippen MR) is 86.4 cm³/mol. The molecule has 0 bridgehead atoms. The first kappa shape index (κ1) is 19.8. The zero-order valence-electron chi connectivity index (χ0n) is 14.2. The zero-order chi connectivity index (χ0) is 18.1. The monoisotopic (exact) mass is 339 g/mol. The molecule has 0 saturated carbocycles. The second-order valence-corrected chi connectivity index (χ2v) is 5.66. The quantitative estimate of drug-likeness (QED) is 0.694. The lowest BCUT2D eigenvalue weighted by Crippen LogP contribution is -2.40. The minimum atomic E-state index is -2.84. The van der Waals surface area contributed by atoms with E-state index in [1.807, 2.05) is 18.9 Å². The van der Waals surface area contributed by atoms with Gasteiger partial charge in [0.2, 0.25) is 5.91 Å². The second-order valence-electron chi connectivity index (χ2n) is 5.66. The Bertz CT molecular complexity index is 558. The molecular weight excluding hydrogens is 316 g/mol. The van der Waals surface area contributed by atoms with Crippen molar-refractivity contribution in [3.63, 3.8) is 0 Å². The van der Waals surface area contributed by atoms with E-state index in [-0.39, 0.29) is 24.1 Å². The van der Waals surface area contributed by atoms with E-state index < -0.39 is 6.61 Å². The van der Waals surface area contributed by atoms with Crippen molar-refractivity contribution in [1.29, 1.82) is 5.26 Å². The normalized spacial score (nSPS) is 12.1. The predicted octanol–water partition coefficient (Wildman–Crippen LogP) is 2.73. The summed E-state index contributed by atoms with van der Waals surface area (Å²) in [6, 6.07) is 8.45. The molecule has 0 spiro atoms. The molecular formula is C17H23F2N3O2. The summed E-state index contributed by atoms with van der Waals surface area (Å²) in [5, 5.41) is 8.86. The SMILES string of the molecule is CCN(CC(C)C#N)C(=O)CN(C)Cc1ccc(OC(F)F)cc1. The van der Waals surface area contributed by atoms with Crippen molar-refractivity contribution < 1.29 is 18.3 Å². The molecule has 0 radical (unpaired) electrons. The maximum atomic E-state index is 12.3. The van der Waals surface area contributed by atoms with E-state index in [0.717, 1.165) is 5.56 Å². The van der Waals surface area contributed by atoms with Crippen molar-refractivity contribution >= 4 is 5.91 Å². The largest absolute Gasteiger partial charge is 0.435 e. The molecule has 1 aromatic carbocycles. The minimum absolute atomic E-state index is 0.0419. The molecule has 0 saturated heterocycles. The summed E-state index contributed by atoms with van der Waals surface area (Å²) in [5.41, 5.74) is 0.889. The van der Waals surface area contributed by atoms with Crippen LogP contribution in [-0.2, 0) is 11.3 Å². The van der Waals surface area contributed by atoms with Crippen LogP contribution in [0.4, 0.5) is 8.78 Å². The van der Waals surface area contributed by atoms with Crippen molar-refractivity contribution in [2.75, 3.05) is 26.7 Å². The van der Waals surface area contributed by atoms with Gasteiger partial charge in [-0.3, -0.25) is 9.69 Å². The fraction of sp³-hybridized carbons (Fsp3) is 0.529. The molecule has 0 heterocycles. The summed E-state index contributed by atoms with van der Waals surface area (Å²) in [5.74, 6) is -0.142. The Morgan fingerprint density at radius 3 is 2.46 bits per heavy atom. The van der Waals surface area contributed by atoms with Gasteiger partial charge in [-0.05, 0) is 38.6 Å². The maximum absolute atomic E-state index is 12.3. The van der Waals surface area contributed by atoms with Crippen molar-refractivity contribution in [3.8, 4) is 11.8 Å². The molecule has 1 amide bonds. The molecule has 1 unspecified atom stereocenters. The first-order valence-electron chi connectivity index (χ1n) is 7.75. The fourth-order valence-corrected chi connectivity index (χ4v) is 2.25. The van der Waals surface area contributed by atoms with Crippen LogP contribution in [-0.4, -0.2) is 49.0 Å². The van der Waals surface area contributed by atoms with E-state index >= 15 is 0 Å². The molecule has 0 aliphatic rings. The van der Waals surface area contributed by atoms with Gasteiger partial charge >= 0.3 is 6.61 Å². The first-order chi connectivity index (χ1) is 11.3. The summed E-state index contributed by atoms with van der Waals surface area (Å²) in [6.45, 7) is 2.52. The number of ether oxygens (including phenoxy) is 1. The van der Waals surface area contributed by atoms with E-state index in [1.54, 1.807) is 24.0 Å². The lowest BCUT2D eigenvalue weighted by molar-refractivity contribution is -0.132. The van der Waals surface area contributed by atoms with Crippen molar-refractivity contribution in [2.45, 2.75) is 27.0 Å². The van der Waals surface area contributed by atoms with Gasteiger partial charge in [-0.2, -0.15) is 14.0 Å². The van der Waals surface area contributed by atoms with E-state index in [0.29, 0.717) is 19.6 Å². The van der Waals surface area contributed by atoms with Gasteiger partial charge in [-0.15, -0.1) is 0 Å². The third-order valence-electron chi connectivity index (χ3n) is 3.46. The summed E-state index contributed by atoms with van der Waals surface area (Å²) in [7, 11) is 1.81. The lowest BCUT2D eigenvalue weighted by atomic mass is 10.2. The topological polar surface area (TPSA) is 56.6 Å². The molecule has 0 aliphatic heterocycles. The zero-order valence-corrected chi connectivity index (χ0v) is 14.2. The molecule has 1 aromatic rings. The number of alkyl halides is 2. The van der Waals surface area contributed by atoms with Gasteiger partial charge in [-0.1, -0.05) is 12.1 Å². The van der Waals surface area contributed by atoms with Crippen molar-refractivity contribution in [1.82, 2.24) is 9.80 Å². The Hall–Kier alpha value is -2.20. The maximum Gasteiger partial charge on any atom is 0.387 e. The van der Waals surface area contributed by atoms with Gasteiger partial charge in [0.15, 0.2) is 0 Å². The van der Waals surface area contributed by atoms with Crippen LogP contribution in [0.2, 0.25) is 0 Å². The molecule has 0 N–H and O–H groups in total. The third kappa shape index (κ3) is 6.92. The molecule has 0 fully saturated rings. The average Bonchev–Trinajstić information content (AvgIpc) is 2.53. The smallest absolute Gasteiger partial charge is 0.387 e. The van der Waals surface area contributed by atoms with Crippen LogP contribution < -0.4 is 4.74 Å². The molecule has 1 rings (SSSR count). The number of halogens is 2. The van der Waals surface area contributed by atoms with E-state index in [2.05, 4.69) is 10.8 Å². The van der Waals surface area contributed by atoms with E-state index in [4.69, 9.17) is 5.26 Å². The van der Waals surface area contributed by atoms with Crippen molar-refractivity contribution in [2.24, 2.45) is 5.92 Å². The number of likely N-dealkylation sites (N-methyl/N-ethyl adjacent to an activating group) is 2. The molecule has 132 valence electrons. The van der Waals surface area contributed by atoms with Gasteiger partial charge in [-0.25, -0.2) is 0 Å². The summed E-state index contributed by atoms with van der Waals surface area (Å²) in [4.78, 5) is 15.8. The Kier molecular flexibility index (Phi) is 8.13. The highest BCUT2D eigenvalue weighted by Gasteiger charge is 2.16. The first-order valence-corrected chi connectivity index (χ1v) is 7.75. The lowest BCUT2D eigenvalue weighted by Gasteiger charge is -2.25. The number of nitrogens with zero attached hydrogens (tertiary/aromatic N) is 3. The minimum Gasteiger partial charge on any atom is -0.435 e. The Morgan fingerprint density at radius 1 is 1.33 bits per heavy atom. The number of carbonyl (C=O) groups excluding carboxylic acids is 1. The molecule has 0 aromatic heterocycles. The molecule has 7 heteroatoms. The number of hydrogen-bond acceptors (Lipinski definition) is 4. The number of hydrogen-bond donors (Lipinski definition) is 0. The van der Waals surface area contributed by atoms with Gasteiger partial charge < -0.3 is 9.64 Å². The highest BCUT2D eigenvalue weighted by molar-refractivity contribution is 5.78. The van der Waals surface area contributed by atoms with Crippen LogP contribution in [0, 0.1) is 17.2 Å². The molecule has 24 heavy (non-hydrogen) atoms. The van der Waals surface area contributed by atoms with Crippen LogP contribution in [0.1, 0.15) is 19.4 Å². The Morgan fingerprint density at radius 2 is 1.96 bits per heavy atom. The Balaban J connectivity index is 2.54. The van der Waals surface area contributed by atoms with Crippen LogP contribution in [0.15, 0.2) is 24.3 Å². The number of nitriles is 1. The fourth-order valence-electron chi connectivity index (χ4n) is 2.25. The number of carbonyl (C=O) groups is 1. The number of rotatable bonds is 9. The van der Waals surface area contributed by atoms with Gasteiger partial charge in [0, 0.05) is 19.6 Å². The van der Waals surface area contributed by atoms with Crippen LogP contribution >= 0.6 is 0 Å². The van der Waals surface area contributed by atoms with Crippen molar-refractivity contribution in [3.05, 3.63) is 29.8 Å². The van der Waals surface area contributed by atoms with E-state index in [9.17, 15) is 13.6 Å². The second kappa shape index (κ2) is 9.83. The average molecular weight is 339 g/mol. The van der Waals surface area contributed by atoms with E-state index in [1.165, 1.54) is 12.1 Å². The van der Waals surface area contributed by atoms with Crippen LogP contribution in [0.25, 0.3) is 0 Å². The van der Waals surface area contributed by atoms with Gasteiger partial charge in [0.25, 0.3) is 0 Å². The van der Waals surface area contributed by atoms with Crippen LogP contribution in [0.3, 0.4) is 0 Å². The highest BCUT2D eigenvalue weighted by atomic mass is 19.3. The van der Waals surface area contributed by atoms with Gasteiger partial charge in [0.1, 0.15) is 5.75 Å². The summed E-state index contributed by atoms with van der Waals surface area (Å²) < 4.78 is 28.5. The Labute approximate surface area is 141 Å².